The molecule has 22 heavy (non-hydrogen) atoms. The standard InChI is InChI=1S/C17H18N4O/c1-17(2)10-14(12-6-4-3-5-7-12)20-15-13(11-19-21(15)17)16-18-8-9-22-16/h3-9,11,14,20H,10H2,1-2H3. The van der Waals surface area contributed by atoms with Crippen LogP contribution in [0.15, 0.2) is 53.4 Å². The van der Waals surface area contributed by atoms with Crippen molar-refractivity contribution in [1.82, 2.24) is 14.8 Å². The lowest BCUT2D eigenvalue weighted by Crippen LogP contribution is -2.37. The molecule has 0 amide bonds. The SMILES string of the molecule is CC1(C)CC(c2ccccc2)Nc2c(-c3ncco3)cnn21. The molecule has 0 bridgehead atoms. The van der Waals surface area contributed by atoms with Crippen molar-refractivity contribution in [3.63, 3.8) is 0 Å². The van der Waals surface area contributed by atoms with Crippen molar-refractivity contribution in [2.24, 2.45) is 0 Å². The Morgan fingerprint density at radius 1 is 1.27 bits per heavy atom. The van der Waals surface area contributed by atoms with E-state index in [1.807, 2.05) is 16.9 Å². The Morgan fingerprint density at radius 3 is 2.82 bits per heavy atom. The Hall–Kier alpha value is -2.56. The van der Waals surface area contributed by atoms with Crippen LogP contribution in [0.1, 0.15) is 31.9 Å². The van der Waals surface area contributed by atoms with E-state index in [1.54, 1.807) is 12.5 Å². The molecule has 4 rings (SSSR count). The van der Waals surface area contributed by atoms with Gasteiger partial charge in [0, 0.05) is 0 Å². The first-order chi connectivity index (χ1) is 10.6. The molecule has 1 atom stereocenters. The third-order valence-corrected chi connectivity index (χ3v) is 4.22. The summed E-state index contributed by atoms with van der Waals surface area (Å²) in [6.07, 6.45) is 6.03. The highest BCUT2D eigenvalue weighted by atomic mass is 16.3. The van der Waals surface area contributed by atoms with Crippen molar-refractivity contribution in [3.05, 3.63) is 54.6 Å². The van der Waals surface area contributed by atoms with Gasteiger partial charge >= 0.3 is 0 Å². The fraction of sp³-hybridized carbons (Fsp3) is 0.294. The highest BCUT2D eigenvalue weighted by Crippen LogP contribution is 2.42. The molecule has 112 valence electrons. The zero-order chi connectivity index (χ0) is 15.2. The number of fused-ring (bicyclic) bond motifs is 1. The Morgan fingerprint density at radius 2 is 2.09 bits per heavy atom. The largest absolute Gasteiger partial charge is 0.444 e. The van der Waals surface area contributed by atoms with E-state index in [9.17, 15) is 0 Å². The quantitative estimate of drug-likeness (QED) is 0.780. The van der Waals surface area contributed by atoms with Gasteiger partial charge in [-0.15, -0.1) is 0 Å². The van der Waals surface area contributed by atoms with Gasteiger partial charge in [-0.2, -0.15) is 5.10 Å². The van der Waals surface area contributed by atoms with E-state index in [4.69, 9.17) is 4.42 Å². The molecule has 1 aromatic carbocycles. The molecular formula is C17H18N4O. The number of nitrogens with one attached hydrogen (secondary N) is 1. The normalized spacial score (nSPS) is 19.5. The number of aromatic nitrogens is 3. The number of anilines is 1. The van der Waals surface area contributed by atoms with Crippen molar-refractivity contribution < 1.29 is 4.42 Å². The van der Waals surface area contributed by atoms with Crippen LogP contribution in [0.25, 0.3) is 11.5 Å². The van der Waals surface area contributed by atoms with Crippen LogP contribution in [-0.4, -0.2) is 14.8 Å². The van der Waals surface area contributed by atoms with Gasteiger partial charge in [0.2, 0.25) is 5.89 Å². The summed E-state index contributed by atoms with van der Waals surface area (Å²) in [6.45, 7) is 4.42. The minimum Gasteiger partial charge on any atom is -0.444 e. The van der Waals surface area contributed by atoms with Crippen LogP contribution in [0.5, 0.6) is 0 Å². The topological polar surface area (TPSA) is 55.9 Å². The zero-order valence-electron chi connectivity index (χ0n) is 12.7. The lowest BCUT2D eigenvalue weighted by atomic mass is 9.89. The number of oxazole rings is 1. The molecule has 0 radical (unpaired) electrons. The summed E-state index contributed by atoms with van der Waals surface area (Å²) in [6, 6.07) is 10.7. The second-order valence-corrected chi connectivity index (χ2v) is 6.28. The molecular weight excluding hydrogens is 276 g/mol. The molecule has 5 nitrogen and oxygen atoms in total. The van der Waals surface area contributed by atoms with Crippen LogP contribution >= 0.6 is 0 Å². The molecule has 0 aliphatic carbocycles. The summed E-state index contributed by atoms with van der Waals surface area (Å²) in [7, 11) is 0. The molecule has 0 saturated heterocycles. The van der Waals surface area contributed by atoms with E-state index < -0.39 is 0 Å². The van der Waals surface area contributed by atoms with E-state index in [2.05, 4.69) is 53.5 Å². The third-order valence-electron chi connectivity index (χ3n) is 4.22. The monoisotopic (exact) mass is 294 g/mol. The van der Waals surface area contributed by atoms with E-state index in [0.717, 1.165) is 17.8 Å². The van der Waals surface area contributed by atoms with Crippen molar-refractivity contribution >= 4 is 5.82 Å². The fourth-order valence-electron chi connectivity index (χ4n) is 3.15. The molecule has 1 aliphatic rings. The lowest BCUT2D eigenvalue weighted by Gasteiger charge is -2.38. The van der Waals surface area contributed by atoms with Crippen molar-refractivity contribution in [2.75, 3.05) is 5.32 Å². The minimum atomic E-state index is -0.0774. The van der Waals surface area contributed by atoms with Crippen LogP contribution in [0, 0.1) is 0 Å². The highest BCUT2D eigenvalue weighted by molar-refractivity contribution is 5.70. The van der Waals surface area contributed by atoms with Crippen LogP contribution in [0.4, 0.5) is 5.82 Å². The van der Waals surface area contributed by atoms with Gasteiger partial charge in [0.05, 0.1) is 29.5 Å². The molecule has 3 aromatic rings. The molecule has 5 heteroatoms. The highest BCUT2D eigenvalue weighted by Gasteiger charge is 2.36. The Bertz CT molecular complexity index is 774. The van der Waals surface area contributed by atoms with Gasteiger partial charge in [0.1, 0.15) is 12.1 Å². The number of rotatable bonds is 2. The Balaban J connectivity index is 1.80. The molecule has 1 aliphatic heterocycles. The maximum absolute atomic E-state index is 5.45. The lowest BCUT2D eigenvalue weighted by molar-refractivity contribution is 0.263. The summed E-state index contributed by atoms with van der Waals surface area (Å²) in [5.41, 5.74) is 2.10. The fourth-order valence-corrected chi connectivity index (χ4v) is 3.15. The smallest absolute Gasteiger partial charge is 0.231 e. The average molecular weight is 294 g/mol. The molecule has 3 heterocycles. The summed E-state index contributed by atoms with van der Waals surface area (Å²) in [5.74, 6) is 1.56. The van der Waals surface area contributed by atoms with E-state index in [1.165, 1.54) is 5.56 Å². The number of hydrogen-bond acceptors (Lipinski definition) is 4. The summed E-state index contributed by atoms with van der Waals surface area (Å²) < 4.78 is 7.48. The summed E-state index contributed by atoms with van der Waals surface area (Å²) in [4.78, 5) is 4.25. The van der Waals surface area contributed by atoms with Gasteiger partial charge in [0.25, 0.3) is 0 Å². The number of hydrogen-bond donors (Lipinski definition) is 1. The van der Waals surface area contributed by atoms with Gasteiger partial charge in [0.15, 0.2) is 0 Å². The van der Waals surface area contributed by atoms with E-state index in [0.29, 0.717) is 5.89 Å². The third kappa shape index (κ3) is 2.01. The maximum atomic E-state index is 5.45. The second kappa shape index (κ2) is 4.73. The summed E-state index contributed by atoms with van der Waals surface area (Å²) >= 11 is 0. The average Bonchev–Trinajstić information content (AvgIpc) is 3.16. The molecule has 0 fully saturated rings. The van der Waals surface area contributed by atoms with Gasteiger partial charge < -0.3 is 9.73 Å². The van der Waals surface area contributed by atoms with Gasteiger partial charge in [-0.1, -0.05) is 30.3 Å². The van der Waals surface area contributed by atoms with Crippen LogP contribution in [-0.2, 0) is 5.54 Å². The zero-order valence-corrected chi connectivity index (χ0v) is 12.7. The van der Waals surface area contributed by atoms with Gasteiger partial charge in [-0.25, -0.2) is 9.67 Å². The first-order valence-corrected chi connectivity index (χ1v) is 7.45. The van der Waals surface area contributed by atoms with Crippen LogP contribution < -0.4 is 5.32 Å². The predicted molar refractivity (Wildman–Crippen MR) is 84.5 cm³/mol. The van der Waals surface area contributed by atoms with Crippen molar-refractivity contribution in [2.45, 2.75) is 31.8 Å². The Labute approximate surface area is 129 Å². The van der Waals surface area contributed by atoms with Gasteiger partial charge in [-0.3, -0.25) is 0 Å². The Kier molecular flexibility index (Phi) is 2.82. The van der Waals surface area contributed by atoms with Crippen molar-refractivity contribution in [1.29, 1.82) is 0 Å². The van der Waals surface area contributed by atoms with E-state index in [-0.39, 0.29) is 11.6 Å². The molecule has 1 N–H and O–H groups in total. The minimum absolute atomic E-state index is 0.0774. The molecule has 1 unspecified atom stereocenters. The van der Waals surface area contributed by atoms with Crippen LogP contribution in [0.3, 0.4) is 0 Å². The number of nitrogens with zero attached hydrogens (tertiary/aromatic N) is 3. The number of benzene rings is 1. The van der Waals surface area contributed by atoms with Gasteiger partial charge in [-0.05, 0) is 25.8 Å². The molecule has 0 saturated carbocycles. The summed E-state index contributed by atoms with van der Waals surface area (Å²) in [5, 5.41) is 8.15. The first kappa shape index (κ1) is 13.1. The molecule has 0 spiro atoms. The van der Waals surface area contributed by atoms with Crippen LogP contribution in [0.2, 0.25) is 0 Å². The maximum Gasteiger partial charge on any atom is 0.231 e. The first-order valence-electron chi connectivity index (χ1n) is 7.45. The molecule has 2 aromatic heterocycles. The second-order valence-electron chi connectivity index (χ2n) is 6.28. The predicted octanol–water partition coefficient (Wildman–Crippen LogP) is 3.83. The van der Waals surface area contributed by atoms with Crippen molar-refractivity contribution in [3.8, 4) is 11.5 Å². The van der Waals surface area contributed by atoms with E-state index >= 15 is 0 Å².